The second-order valence-corrected chi connectivity index (χ2v) is 12.4. The molecule has 0 saturated carbocycles. The van der Waals surface area contributed by atoms with Crippen LogP contribution in [0.2, 0.25) is 5.02 Å². The third kappa shape index (κ3) is 8.83. The van der Waals surface area contributed by atoms with Crippen molar-refractivity contribution < 1.29 is 18.0 Å². The van der Waals surface area contributed by atoms with Gasteiger partial charge in [-0.25, -0.2) is 8.42 Å². The van der Waals surface area contributed by atoms with Gasteiger partial charge in [0.2, 0.25) is 21.8 Å². The summed E-state index contributed by atoms with van der Waals surface area (Å²) in [4.78, 5) is 29.3. The summed E-state index contributed by atoms with van der Waals surface area (Å²) >= 11 is 6.21. The monoisotopic (exact) mass is 583 g/mol. The molecule has 3 aromatic rings. The molecular weight excluding hydrogens is 546 g/mol. The van der Waals surface area contributed by atoms with Crippen molar-refractivity contribution in [3.63, 3.8) is 0 Å². The lowest BCUT2D eigenvalue weighted by atomic mass is 10.0. The van der Waals surface area contributed by atoms with Gasteiger partial charge in [-0.2, -0.15) is 0 Å². The number of unbranched alkanes of at least 4 members (excludes halogenated alkanes) is 1. The number of anilines is 1. The summed E-state index contributed by atoms with van der Waals surface area (Å²) < 4.78 is 27.0. The number of aryl methyl sites for hydroxylation is 2. The van der Waals surface area contributed by atoms with E-state index in [9.17, 15) is 18.0 Å². The molecule has 0 spiro atoms. The molecule has 1 atom stereocenters. The number of rotatable bonds is 13. The minimum Gasteiger partial charge on any atom is -0.354 e. The number of halogens is 1. The lowest BCUT2D eigenvalue weighted by Gasteiger charge is -2.34. The third-order valence-electron chi connectivity index (χ3n) is 6.66. The van der Waals surface area contributed by atoms with Crippen molar-refractivity contribution >= 4 is 39.1 Å². The van der Waals surface area contributed by atoms with Crippen LogP contribution in [0, 0.1) is 13.8 Å². The topological polar surface area (TPSA) is 86.8 Å². The van der Waals surface area contributed by atoms with E-state index in [2.05, 4.69) is 5.32 Å². The Morgan fingerprint density at radius 2 is 1.65 bits per heavy atom. The number of hydrogen-bond donors (Lipinski definition) is 1. The van der Waals surface area contributed by atoms with Crippen LogP contribution in [0.3, 0.4) is 0 Å². The molecule has 1 unspecified atom stereocenters. The highest BCUT2D eigenvalue weighted by atomic mass is 35.5. The van der Waals surface area contributed by atoms with Crippen LogP contribution in [-0.4, -0.2) is 50.5 Å². The Kier molecular flexibility index (Phi) is 11.2. The van der Waals surface area contributed by atoms with Gasteiger partial charge in [-0.1, -0.05) is 91.2 Å². The third-order valence-corrected chi connectivity index (χ3v) is 8.02. The van der Waals surface area contributed by atoms with Crippen molar-refractivity contribution in [2.75, 3.05) is 23.7 Å². The first-order valence-corrected chi connectivity index (χ1v) is 15.6. The van der Waals surface area contributed by atoms with E-state index in [1.165, 1.54) is 11.0 Å². The zero-order valence-corrected chi connectivity index (χ0v) is 25.1. The van der Waals surface area contributed by atoms with E-state index in [0.717, 1.165) is 40.1 Å². The fourth-order valence-electron chi connectivity index (χ4n) is 4.51. The Bertz CT molecular complexity index is 1410. The van der Waals surface area contributed by atoms with E-state index in [1.807, 2.05) is 68.4 Å². The number of amides is 2. The van der Waals surface area contributed by atoms with Crippen molar-refractivity contribution in [1.29, 1.82) is 0 Å². The second kappa shape index (κ2) is 14.3. The summed E-state index contributed by atoms with van der Waals surface area (Å²) in [6, 6.07) is 21.3. The highest BCUT2D eigenvalue weighted by Gasteiger charge is 2.33. The summed E-state index contributed by atoms with van der Waals surface area (Å²) in [6.45, 7) is 5.92. The number of carbonyl (C=O) groups excluding carboxylic acids is 2. The molecule has 7 nitrogen and oxygen atoms in total. The Balaban J connectivity index is 2.06. The smallest absolute Gasteiger partial charge is 0.244 e. The largest absolute Gasteiger partial charge is 0.354 e. The number of nitrogens with one attached hydrogen (secondary N) is 1. The molecule has 0 aliphatic heterocycles. The first-order chi connectivity index (χ1) is 19.0. The molecule has 0 fully saturated rings. The van der Waals surface area contributed by atoms with Crippen molar-refractivity contribution in [3.8, 4) is 0 Å². The van der Waals surface area contributed by atoms with Gasteiger partial charge in [0.25, 0.3) is 0 Å². The fraction of sp³-hybridized carbons (Fsp3) is 0.355. The van der Waals surface area contributed by atoms with Crippen LogP contribution in [0.25, 0.3) is 0 Å². The second-order valence-electron chi connectivity index (χ2n) is 10.1. The van der Waals surface area contributed by atoms with E-state index in [0.29, 0.717) is 22.8 Å². The quantitative estimate of drug-likeness (QED) is 0.277. The first-order valence-electron chi connectivity index (χ1n) is 13.4. The molecule has 3 rings (SSSR count). The van der Waals surface area contributed by atoms with E-state index >= 15 is 0 Å². The van der Waals surface area contributed by atoms with Crippen molar-refractivity contribution in [2.45, 2.75) is 52.6 Å². The number of nitrogens with zero attached hydrogens (tertiary/aromatic N) is 2. The maximum atomic E-state index is 14.1. The van der Waals surface area contributed by atoms with Gasteiger partial charge >= 0.3 is 0 Å². The highest BCUT2D eigenvalue weighted by molar-refractivity contribution is 7.92. The van der Waals surface area contributed by atoms with Gasteiger partial charge in [0.15, 0.2) is 0 Å². The molecule has 0 aliphatic rings. The van der Waals surface area contributed by atoms with Gasteiger partial charge in [0.05, 0.1) is 11.9 Å². The maximum Gasteiger partial charge on any atom is 0.244 e. The van der Waals surface area contributed by atoms with E-state index < -0.39 is 28.5 Å². The van der Waals surface area contributed by atoms with Crippen LogP contribution < -0.4 is 9.62 Å². The summed E-state index contributed by atoms with van der Waals surface area (Å²) in [5.41, 5.74) is 3.74. The van der Waals surface area contributed by atoms with Crippen molar-refractivity contribution in [1.82, 2.24) is 10.2 Å². The van der Waals surface area contributed by atoms with Gasteiger partial charge in [0, 0.05) is 24.5 Å². The summed E-state index contributed by atoms with van der Waals surface area (Å²) in [6.07, 6.45) is 3.07. The van der Waals surface area contributed by atoms with E-state index in [-0.39, 0.29) is 18.9 Å². The average Bonchev–Trinajstić information content (AvgIpc) is 2.90. The van der Waals surface area contributed by atoms with Crippen molar-refractivity contribution in [2.24, 2.45) is 0 Å². The molecule has 0 saturated heterocycles. The van der Waals surface area contributed by atoms with Gasteiger partial charge in [-0.05, 0) is 49.1 Å². The Labute approximate surface area is 243 Å². The fourth-order valence-corrected chi connectivity index (χ4v) is 5.58. The van der Waals surface area contributed by atoms with Gasteiger partial charge in [0.1, 0.15) is 12.6 Å². The molecule has 0 aliphatic carbocycles. The number of sulfonamides is 1. The van der Waals surface area contributed by atoms with Crippen LogP contribution in [0.15, 0.2) is 72.8 Å². The molecule has 0 radical (unpaired) electrons. The van der Waals surface area contributed by atoms with Crippen LogP contribution >= 0.6 is 11.6 Å². The molecule has 9 heteroatoms. The Morgan fingerprint density at radius 3 is 2.30 bits per heavy atom. The molecular formula is C31H38ClN3O4S. The van der Waals surface area contributed by atoms with Gasteiger partial charge < -0.3 is 10.2 Å². The lowest BCUT2D eigenvalue weighted by Crippen LogP contribution is -2.53. The van der Waals surface area contributed by atoms with Gasteiger partial charge in [-0.15, -0.1) is 0 Å². The number of benzene rings is 3. The SMILES string of the molecule is CCCCNC(=O)C(Cc1ccccc1)N(Cc1cccc(C)c1)C(=O)CN(c1cc(Cl)ccc1C)S(C)(=O)=O. The first kappa shape index (κ1) is 31.2. The van der Waals surface area contributed by atoms with E-state index in [1.54, 1.807) is 19.1 Å². The number of carbonyl (C=O) groups is 2. The zero-order chi connectivity index (χ0) is 29.3. The molecule has 214 valence electrons. The Hall–Kier alpha value is -3.36. The predicted molar refractivity (Wildman–Crippen MR) is 162 cm³/mol. The molecule has 40 heavy (non-hydrogen) atoms. The summed E-state index contributed by atoms with van der Waals surface area (Å²) in [5.74, 6) is -0.763. The lowest BCUT2D eigenvalue weighted by molar-refractivity contribution is -0.140. The Morgan fingerprint density at radius 1 is 0.950 bits per heavy atom. The van der Waals surface area contributed by atoms with E-state index in [4.69, 9.17) is 11.6 Å². The summed E-state index contributed by atoms with van der Waals surface area (Å²) in [7, 11) is -3.86. The minimum absolute atomic E-state index is 0.144. The molecule has 0 bridgehead atoms. The predicted octanol–water partition coefficient (Wildman–Crippen LogP) is 5.28. The summed E-state index contributed by atoms with van der Waals surface area (Å²) in [5, 5.41) is 3.34. The minimum atomic E-state index is -3.86. The molecule has 1 N–H and O–H groups in total. The average molecular weight is 584 g/mol. The highest BCUT2D eigenvalue weighted by Crippen LogP contribution is 2.27. The van der Waals surface area contributed by atoms with Crippen LogP contribution in [-0.2, 0) is 32.6 Å². The molecule has 3 aromatic carbocycles. The molecule has 2 amide bonds. The number of hydrogen-bond acceptors (Lipinski definition) is 4. The molecule has 0 heterocycles. The van der Waals surface area contributed by atoms with Gasteiger partial charge in [-0.3, -0.25) is 13.9 Å². The van der Waals surface area contributed by atoms with Crippen LogP contribution in [0.5, 0.6) is 0 Å². The normalized spacial score (nSPS) is 12.0. The molecule has 0 aromatic heterocycles. The standard InChI is InChI=1S/C31H38ClN3O4S/c1-5-6-17-33-31(37)29(19-25-12-8-7-9-13-25)34(21-26-14-10-11-23(2)18-26)30(36)22-35(40(4,38)39)28-20-27(32)16-15-24(28)3/h7-16,18,20,29H,5-6,17,19,21-22H2,1-4H3,(H,33,37). The zero-order valence-electron chi connectivity index (χ0n) is 23.6. The maximum absolute atomic E-state index is 14.1. The van der Waals surface area contributed by atoms with Crippen molar-refractivity contribution in [3.05, 3.63) is 100 Å². The van der Waals surface area contributed by atoms with Crippen LogP contribution in [0.4, 0.5) is 5.69 Å². The van der Waals surface area contributed by atoms with Crippen LogP contribution in [0.1, 0.15) is 42.0 Å².